The van der Waals surface area contributed by atoms with Gasteiger partial charge in [-0.25, -0.2) is 0 Å². The van der Waals surface area contributed by atoms with Crippen molar-refractivity contribution in [2.24, 2.45) is 0 Å². The Hall–Kier alpha value is 53.0. The molecule has 0 aromatic rings. The van der Waals surface area contributed by atoms with Gasteiger partial charge in [0, 0.05) is 1620 Å². The van der Waals surface area contributed by atoms with Crippen LogP contribution >= 0.6 is 0 Å². The molecule has 0 aromatic carbocycles. The normalized spacial score (nSPS) is 0. The van der Waals surface area contributed by atoms with Gasteiger partial charge in [0.25, 0.3) is 0 Å². The molecule has 0 nitrogen and oxygen atoms in total. The minimum atomic E-state index is 0. The molecule has 0 saturated heterocycles. The van der Waals surface area contributed by atoms with Crippen LogP contribution in [0.25, 0.3) is 0 Å². The molecule has 77 heavy (non-hydrogen) atoms. The zero-order chi connectivity index (χ0) is 0. The van der Waals surface area contributed by atoms with Crippen molar-refractivity contribution in [1.82, 2.24) is 0 Å². The summed E-state index contributed by atoms with van der Waals surface area (Å²) in [4.78, 5) is 0. The number of hydrogen-bond donors (Lipinski definition) is 0. The molecule has 0 radical (unpaired) electrons. The van der Waals surface area contributed by atoms with Gasteiger partial charge in [0.2, 0.25) is 0 Å². The minimum Gasteiger partial charge on any atom is 0 e. The fourth-order valence-corrected chi connectivity index (χ4v) is 0. The van der Waals surface area contributed by atoms with Crippen LogP contribution in [0.5, 0.6) is 0 Å². The van der Waals surface area contributed by atoms with Crippen LogP contribution in [0, 0.1) is 0 Å². The second-order valence-corrected chi connectivity index (χ2v) is 0. The molecule has 77 heteroatoms. The van der Waals surface area contributed by atoms with Gasteiger partial charge in [-0.2, -0.15) is 0 Å². The molecule has 0 heterocycles. The predicted molar refractivity (Wildman–Crippen MR) is 0 cm³/mol. The average molecular weight is 14200 g/mol. The van der Waals surface area contributed by atoms with Crippen molar-refractivity contribution < 1.29 is 1620 Å². The summed E-state index contributed by atoms with van der Waals surface area (Å²) in [6.45, 7) is 0. The molecule has 0 spiro atoms. The third-order valence-electron chi connectivity index (χ3n) is 0. The Morgan fingerprint density at radius 2 is 0.0130 bits per heavy atom. The molecule has 0 aromatic heterocycles. The Balaban J connectivity index is 0. The maximum atomic E-state index is 0. The van der Waals surface area contributed by atoms with Gasteiger partial charge < -0.3 is 0 Å². The quantitative estimate of drug-likeness (QED) is 0.316. The first-order valence-electron chi connectivity index (χ1n) is 0. The van der Waals surface area contributed by atoms with E-state index in [1.807, 2.05) is 0 Å². The van der Waals surface area contributed by atoms with Gasteiger partial charge in [-0.05, 0) is 0 Å². The summed E-state index contributed by atoms with van der Waals surface area (Å²) in [7, 11) is 0. The summed E-state index contributed by atoms with van der Waals surface area (Å²) in [6, 6.07) is 0. The van der Waals surface area contributed by atoms with E-state index in [0.717, 1.165) is 0 Å². The summed E-state index contributed by atoms with van der Waals surface area (Å²) in [5.41, 5.74) is 0. The largest absolute Gasteiger partial charge is 0 e. The van der Waals surface area contributed by atoms with Gasteiger partial charge >= 0.3 is 0 Å². The maximum absolute atomic E-state index is 0. The fraction of sp³-hybridized carbons (Fsp3) is 0. The van der Waals surface area contributed by atoms with E-state index in [1.54, 1.807) is 0 Å². The van der Waals surface area contributed by atoms with Crippen molar-refractivity contribution in [1.29, 1.82) is 0 Å². The summed E-state index contributed by atoms with van der Waals surface area (Å²) >= 11 is 0. The van der Waals surface area contributed by atoms with Gasteiger partial charge in [-0.3, -0.25) is 0 Å². The smallest absolute Gasteiger partial charge is 0 e. The van der Waals surface area contributed by atoms with Crippen LogP contribution < -0.4 is 0 Å². The molecule has 0 amide bonds. The molecule has 0 saturated carbocycles. The van der Waals surface area contributed by atoms with Crippen molar-refractivity contribution in [2.45, 2.75) is 0 Å². The molecule has 0 fully saturated rings. The topological polar surface area (TPSA) is 0 Å². The van der Waals surface area contributed by atoms with Crippen LogP contribution in [-0.2, 0) is 1620 Å². The van der Waals surface area contributed by atoms with Crippen molar-refractivity contribution >= 4 is 0 Å². The maximum Gasteiger partial charge on any atom is 0 e. The molecule has 0 bridgehead atoms. The van der Waals surface area contributed by atoms with E-state index in [9.17, 15) is 0 Å². The molecule has 462 valence electrons. The molecular formula is W77. The monoisotopic (exact) mass is 14200 g/mol. The van der Waals surface area contributed by atoms with E-state index in [0.29, 0.717) is 0 Å². The fourth-order valence-electron chi connectivity index (χ4n) is 0. The standard InChI is InChI=1S/77W. The van der Waals surface area contributed by atoms with E-state index in [2.05, 4.69) is 0 Å². The molecule has 0 aliphatic carbocycles. The van der Waals surface area contributed by atoms with Crippen LogP contribution in [0.3, 0.4) is 0 Å². The molecule has 0 rings (SSSR count). The van der Waals surface area contributed by atoms with Crippen LogP contribution in [0.1, 0.15) is 0 Å². The number of hydrogen-bond acceptors (Lipinski definition) is 0. The Morgan fingerprint density at radius 3 is 0.0130 bits per heavy atom. The Labute approximate surface area is 1570 Å². The van der Waals surface area contributed by atoms with Gasteiger partial charge in [-0.15, -0.1) is 0 Å². The summed E-state index contributed by atoms with van der Waals surface area (Å²) in [6.07, 6.45) is 0. The average Bonchev–Trinajstić information content (AvgIpc) is 0. The Morgan fingerprint density at radius 1 is 0.0130 bits per heavy atom. The second-order valence-electron chi connectivity index (χ2n) is 0. The van der Waals surface area contributed by atoms with Gasteiger partial charge in [-0.1, -0.05) is 0 Å². The SMILES string of the molecule is [W].[W].[W].[W].[W].[W].[W].[W].[W].[W].[W].[W].[W].[W].[W].[W].[W].[W].[W].[W].[W].[W].[W].[W].[W].[W].[W].[W].[W].[W].[W].[W].[W].[W].[W].[W].[W].[W].[W].[W].[W].[W].[W].[W].[W].[W].[W].[W].[W].[W].[W].[W].[W].[W].[W].[W].[W].[W].[W].[W].[W].[W].[W].[W].[W].[W].[W].[W].[W].[W].[W].[W].[W].[W].[W].[W].[W]. The van der Waals surface area contributed by atoms with E-state index in [4.69, 9.17) is 0 Å². The van der Waals surface area contributed by atoms with Crippen molar-refractivity contribution in [3.8, 4) is 0 Å². The predicted octanol–water partition coefficient (Wildman–Crippen LogP) is -0.193. The first-order valence-corrected chi connectivity index (χ1v) is 0. The van der Waals surface area contributed by atoms with Crippen LogP contribution in [0.15, 0.2) is 0 Å². The minimum absolute atomic E-state index is 0. The van der Waals surface area contributed by atoms with Gasteiger partial charge in [0.1, 0.15) is 0 Å². The second kappa shape index (κ2) is 752. The molecule has 0 atom stereocenters. The van der Waals surface area contributed by atoms with Gasteiger partial charge in [0.15, 0.2) is 0 Å². The van der Waals surface area contributed by atoms with Crippen LogP contribution in [0.4, 0.5) is 0 Å². The van der Waals surface area contributed by atoms with E-state index in [1.165, 1.54) is 0 Å². The molecule has 0 N–H and O–H groups in total. The van der Waals surface area contributed by atoms with Crippen molar-refractivity contribution in [3.05, 3.63) is 0 Å². The third-order valence-corrected chi connectivity index (χ3v) is 0. The molecule has 0 aliphatic rings. The third kappa shape index (κ3) is 741. The van der Waals surface area contributed by atoms with Crippen molar-refractivity contribution in [3.63, 3.8) is 0 Å². The Kier molecular flexibility index (Phi) is 7530. The summed E-state index contributed by atoms with van der Waals surface area (Å²) < 4.78 is 0. The van der Waals surface area contributed by atoms with Gasteiger partial charge in [0.05, 0.1) is 0 Å². The van der Waals surface area contributed by atoms with Crippen LogP contribution in [0.2, 0.25) is 0 Å². The molecule has 0 unspecified atom stereocenters. The molecular weight excluding hydrogens is 14200 g/mol. The van der Waals surface area contributed by atoms with Crippen molar-refractivity contribution in [2.75, 3.05) is 0 Å². The van der Waals surface area contributed by atoms with Crippen LogP contribution in [-0.4, -0.2) is 0 Å². The zero-order valence-electron chi connectivity index (χ0n) is 31.4. The summed E-state index contributed by atoms with van der Waals surface area (Å²) in [5.74, 6) is 0. The Bertz CT molecular complexity index is 0. The van der Waals surface area contributed by atoms with E-state index in [-0.39, 0.29) is 1620 Å². The number of rotatable bonds is 0. The molecule has 0 aliphatic heterocycles. The summed E-state index contributed by atoms with van der Waals surface area (Å²) in [5, 5.41) is 0. The first-order chi connectivity index (χ1) is 0. The van der Waals surface area contributed by atoms with E-state index >= 15 is 0 Å². The zero-order valence-corrected chi connectivity index (χ0v) is 257. The van der Waals surface area contributed by atoms with E-state index < -0.39 is 0 Å². The first kappa shape index (κ1) is 770.